The van der Waals surface area contributed by atoms with Crippen LogP contribution in [0.1, 0.15) is 47.0 Å². The lowest BCUT2D eigenvalue weighted by atomic mass is 10.1. The number of rotatable bonds is 2. The zero-order valence-electron chi connectivity index (χ0n) is 11.4. The second-order valence-corrected chi connectivity index (χ2v) is 4.21. The highest BCUT2D eigenvalue weighted by Crippen LogP contribution is 2.39. The van der Waals surface area contributed by atoms with E-state index in [9.17, 15) is 4.79 Å². The van der Waals surface area contributed by atoms with Gasteiger partial charge in [0, 0.05) is 12.0 Å². The number of carbonyl (C=O) groups is 1. The van der Waals surface area contributed by atoms with Gasteiger partial charge in [-0.1, -0.05) is 18.5 Å². The van der Waals surface area contributed by atoms with E-state index in [0.29, 0.717) is 6.04 Å². The van der Waals surface area contributed by atoms with Crippen LogP contribution in [0.4, 0.5) is 0 Å². The summed E-state index contributed by atoms with van der Waals surface area (Å²) in [6, 6.07) is 0.513. The van der Waals surface area contributed by atoms with E-state index < -0.39 is 0 Å². The molecule has 0 unspecified atom stereocenters. The lowest BCUT2D eigenvalue weighted by Gasteiger charge is -2.08. The van der Waals surface area contributed by atoms with Crippen molar-refractivity contribution in [2.24, 2.45) is 5.11 Å². The molecule has 0 spiro atoms. The van der Waals surface area contributed by atoms with E-state index in [4.69, 9.17) is 4.74 Å². The highest BCUT2D eigenvalue weighted by Gasteiger charge is 2.43. The van der Waals surface area contributed by atoms with E-state index in [-0.39, 0.29) is 12.1 Å². The van der Waals surface area contributed by atoms with Gasteiger partial charge in [-0.05, 0) is 31.8 Å². The first-order valence-corrected chi connectivity index (χ1v) is 6.35. The Labute approximate surface area is 103 Å². The van der Waals surface area contributed by atoms with Crippen LogP contribution in [0.5, 0.6) is 0 Å². The number of hydrogen-bond acceptors (Lipinski definition) is 3. The van der Waals surface area contributed by atoms with Crippen molar-refractivity contribution in [3.8, 4) is 0 Å². The van der Waals surface area contributed by atoms with Gasteiger partial charge in [0.1, 0.15) is 0 Å². The predicted molar refractivity (Wildman–Crippen MR) is 65.3 cm³/mol. The number of hydrogen-bond donors (Lipinski definition) is 0. The molecule has 1 aliphatic heterocycles. The molecule has 0 saturated carbocycles. The van der Waals surface area contributed by atoms with Crippen LogP contribution >= 0.6 is 0 Å². The molecule has 95 valence electrons. The number of nitrogens with zero attached hydrogens (tertiary/aromatic N) is 2. The summed E-state index contributed by atoms with van der Waals surface area (Å²) in [6.07, 6.45) is 3.00. The number of ether oxygens (including phenoxy) is 1. The molecule has 0 saturated heterocycles. The molecule has 17 heavy (non-hydrogen) atoms. The molecule has 1 aliphatic carbocycles. The molecule has 0 aromatic heterocycles. The minimum absolute atomic E-state index is 0.0865. The first-order chi connectivity index (χ1) is 8.09. The third-order valence-corrected chi connectivity index (χ3v) is 2.65. The second kappa shape index (κ2) is 5.94. The van der Waals surface area contributed by atoms with Crippen LogP contribution in [0.25, 0.3) is 0 Å². The standard InChI is InChI=1S/C11H16N2O2.C2H6/c1-7(2)15-11(14)10-8-5-4-6-9(8)13(3)12-10;1-2/h7H,4-6H2,1-3H3;1-2H3/q+1;. The molecule has 0 bridgehead atoms. The lowest BCUT2D eigenvalue weighted by molar-refractivity contribution is -0.511. The minimum atomic E-state index is -0.288. The SMILES string of the molecule is CC.CC(C)OC(=O)[C]1N=[N+](C)C2=C1CCC2. The van der Waals surface area contributed by atoms with Crippen molar-refractivity contribution in [3.63, 3.8) is 0 Å². The smallest absolute Gasteiger partial charge is 0.349 e. The molecule has 0 aromatic carbocycles. The van der Waals surface area contributed by atoms with Crippen molar-refractivity contribution >= 4 is 5.97 Å². The van der Waals surface area contributed by atoms with Gasteiger partial charge >= 0.3 is 5.97 Å². The summed E-state index contributed by atoms with van der Waals surface area (Å²) < 4.78 is 6.96. The molecular weight excluding hydrogens is 216 g/mol. The molecule has 4 nitrogen and oxygen atoms in total. The summed E-state index contributed by atoms with van der Waals surface area (Å²) in [6.45, 7) is 7.70. The average Bonchev–Trinajstić information content (AvgIpc) is 2.84. The fourth-order valence-electron chi connectivity index (χ4n) is 2.04. The molecule has 1 radical (unpaired) electrons. The fourth-order valence-corrected chi connectivity index (χ4v) is 2.04. The Balaban J connectivity index is 0.000000686. The topological polar surface area (TPSA) is 41.7 Å². The summed E-state index contributed by atoms with van der Waals surface area (Å²) in [4.78, 5) is 11.7. The number of esters is 1. The Morgan fingerprint density at radius 2 is 2.00 bits per heavy atom. The highest BCUT2D eigenvalue weighted by atomic mass is 16.5. The zero-order chi connectivity index (χ0) is 13.0. The molecule has 0 atom stereocenters. The fraction of sp³-hybridized carbons (Fsp3) is 0.692. The van der Waals surface area contributed by atoms with Crippen molar-refractivity contribution in [1.29, 1.82) is 0 Å². The molecule has 4 heteroatoms. The molecule has 0 aromatic rings. The van der Waals surface area contributed by atoms with Gasteiger partial charge in [-0.15, -0.1) is 0 Å². The van der Waals surface area contributed by atoms with Gasteiger partial charge in [0.15, 0.2) is 7.05 Å². The zero-order valence-corrected chi connectivity index (χ0v) is 11.4. The summed E-state index contributed by atoms with van der Waals surface area (Å²) in [7, 11) is 1.89. The first-order valence-electron chi connectivity index (χ1n) is 6.35. The van der Waals surface area contributed by atoms with E-state index in [0.717, 1.165) is 24.8 Å². The van der Waals surface area contributed by atoms with Crippen molar-refractivity contribution in [1.82, 2.24) is 0 Å². The van der Waals surface area contributed by atoms with Crippen LogP contribution in [0.3, 0.4) is 0 Å². The molecule has 2 rings (SSSR count). The van der Waals surface area contributed by atoms with Crippen LogP contribution in [-0.2, 0) is 9.53 Å². The highest BCUT2D eigenvalue weighted by molar-refractivity contribution is 5.89. The summed E-state index contributed by atoms with van der Waals surface area (Å²) >= 11 is 0. The third kappa shape index (κ3) is 2.93. The van der Waals surface area contributed by atoms with Gasteiger partial charge in [0.05, 0.1) is 6.10 Å². The van der Waals surface area contributed by atoms with Crippen LogP contribution in [0, 0.1) is 6.04 Å². The quantitative estimate of drug-likeness (QED) is 0.548. The van der Waals surface area contributed by atoms with E-state index in [1.807, 2.05) is 34.7 Å². The molecule has 0 fully saturated rings. The number of carbonyl (C=O) groups excluding carboxylic acids is 1. The van der Waals surface area contributed by atoms with E-state index in [2.05, 4.69) is 5.11 Å². The van der Waals surface area contributed by atoms with Gasteiger partial charge in [-0.3, -0.25) is 0 Å². The van der Waals surface area contributed by atoms with Gasteiger partial charge in [0.25, 0.3) is 6.04 Å². The van der Waals surface area contributed by atoms with Gasteiger partial charge in [0.2, 0.25) is 5.70 Å². The normalized spacial score (nSPS) is 18.8. The molecule has 1 heterocycles. The average molecular weight is 238 g/mol. The number of allylic oxidation sites excluding steroid dienone is 1. The van der Waals surface area contributed by atoms with Gasteiger partial charge < -0.3 is 4.74 Å². The minimum Gasteiger partial charge on any atom is -0.461 e. The Morgan fingerprint density at radius 1 is 1.35 bits per heavy atom. The predicted octanol–water partition coefficient (Wildman–Crippen LogP) is 3.04. The summed E-state index contributed by atoms with van der Waals surface area (Å²) in [5.74, 6) is -0.288. The Morgan fingerprint density at radius 3 is 2.59 bits per heavy atom. The maximum Gasteiger partial charge on any atom is 0.349 e. The van der Waals surface area contributed by atoms with E-state index in [1.54, 1.807) is 4.70 Å². The van der Waals surface area contributed by atoms with Crippen LogP contribution < -0.4 is 0 Å². The monoisotopic (exact) mass is 238 g/mol. The number of azo groups is 2. The molecule has 2 aliphatic rings. The summed E-state index contributed by atoms with van der Waals surface area (Å²) in [5, 5.41) is 4.23. The van der Waals surface area contributed by atoms with Gasteiger partial charge in [-0.25, -0.2) is 4.79 Å². The second-order valence-electron chi connectivity index (χ2n) is 4.21. The molecule has 0 N–H and O–H groups in total. The Hall–Kier alpha value is -1.19. The Bertz CT molecular complexity index is 356. The molecule has 0 amide bonds. The van der Waals surface area contributed by atoms with Crippen LogP contribution in [0.2, 0.25) is 0 Å². The van der Waals surface area contributed by atoms with Crippen molar-refractivity contribution < 1.29 is 14.2 Å². The van der Waals surface area contributed by atoms with E-state index >= 15 is 0 Å². The van der Waals surface area contributed by atoms with Crippen molar-refractivity contribution in [2.75, 3.05) is 7.05 Å². The van der Waals surface area contributed by atoms with Crippen LogP contribution in [0.15, 0.2) is 16.4 Å². The van der Waals surface area contributed by atoms with Crippen molar-refractivity contribution in [2.45, 2.75) is 53.1 Å². The summed E-state index contributed by atoms with van der Waals surface area (Å²) in [5.41, 5.74) is 2.27. The first kappa shape index (κ1) is 13.9. The van der Waals surface area contributed by atoms with Crippen LogP contribution in [-0.4, -0.2) is 23.8 Å². The molecular formula is C13H22N2O2+. The van der Waals surface area contributed by atoms with Gasteiger partial charge in [-0.2, -0.15) is 0 Å². The maximum absolute atomic E-state index is 11.7. The third-order valence-electron chi connectivity index (χ3n) is 2.65. The lowest BCUT2D eigenvalue weighted by Crippen LogP contribution is -2.18. The van der Waals surface area contributed by atoms with E-state index in [1.165, 1.54) is 5.70 Å². The maximum atomic E-state index is 11.7. The van der Waals surface area contributed by atoms with Crippen molar-refractivity contribution in [3.05, 3.63) is 17.3 Å². The largest absolute Gasteiger partial charge is 0.461 e. The Kier molecular flexibility index (Phi) is 4.85.